The lowest BCUT2D eigenvalue weighted by atomic mass is 9.86. The van der Waals surface area contributed by atoms with Gasteiger partial charge in [-0.15, -0.1) is 0 Å². The summed E-state index contributed by atoms with van der Waals surface area (Å²) in [5.74, 6) is 0.243. The van der Waals surface area contributed by atoms with E-state index in [1.807, 2.05) is 38.1 Å². The van der Waals surface area contributed by atoms with E-state index in [1.165, 1.54) is 5.56 Å². The molecule has 7 nitrogen and oxygen atoms in total. The standard InChI is InChI=1S/C30H32N4O3S/c1-19-8-6-9-20(2)28(19)25-17-27-33-29(32-25)34-38(35,36)24-11-7-10-23(16-24)31-18-26(37-27)21-12-14-22(15-13-21)30(3,4)5/h6-17,26,31H,18H2,1-5H3,(H,32,33,34). The van der Waals surface area contributed by atoms with Crippen molar-refractivity contribution in [1.82, 2.24) is 9.97 Å². The molecule has 0 aliphatic carbocycles. The van der Waals surface area contributed by atoms with E-state index in [-0.39, 0.29) is 22.1 Å². The number of benzene rings is 3. The molecule has 3 aromatic carbocycles. The Morgan fingerprint density at radius 3 is 2.26 bits per heavy atom. The molecule has 0 fully saturated rings. The summed E-state index contributed by atoms with van der Waals surface area (Å²) < 4.78 is 35.4. The third-order valence-electron chi connectivity index (χ3n) is 6.71. The van der Waals surface area contributed by atoms with Crippen LogP contribution in [0, 0.1) is 13.8 Å². The molecule has 1 aliphatic rings. The number of anilines is 2. The van der Waals surface area contributed by atoms with Gasteiger partial charge in [-0.1, -0.05) is 69.3 Å². The zero-order valence-corrected chi connectivity index (χ0v) is 23.1. The van der Waals surface area contributed by atoms with Gasteiger partial charge in [0.1, 0.15) is 6.10 Å². The van der Waals surface area contributed by atoms with Gasteiger partial charge < -0.3 is 10.1 Å². The first-order valence-corrected chi connectivity index (χ1v) is 14.1. The van der Waals surface area contributed by atoms with Gasteiger partial charge in [0, 0.05) is 17.3 Å². The highest BCUT2D eigenvalue weighted by molar-refractivity contribution is 7.92. The van der Waals surface area contributed by atoms with Crippen molar-refractivity contribution < 1.29 is 13.2 Å². The minimum atomic E-state index is -3.92. The van der Waals surface area contributed by atoms with Crippen LogP contribution in [0.3, 0.4) is 0 Å². The molecule has 0 saturated heterocycles. The van der Waals surface area contributed by atoms with Gasteiger partial charge in [-0.2, -0.15) is 4.98 Å². The summed E-state index contributed by atoms with van der Waals surface area (Å²) in [4.78, 5) is 9.19. The highest BCUT2D eigenvalue weighted by Gasteiger charge is 2.23. The molecule has 1 unspecified atom stereocenters. The van der Waals surface area contributed by atoms with E-state index in [1.54, 1.807) is 24.3 Å². The fourth-order valence-electron chi connectivity index (χ4n) is 4.61. The summed E-state index contributed by atoms with van der Waals surface area (Å²) in [6.45, 7) is 11.0. The van der Waals surface area contributed by atoms with Crippen LogP contribution in [-0.2, 0) is 15.4 Å². The number of rotatable bonds is 2. The Morgan fingerprint density at radius 1 is 0.895 bits per heavy atom. The van der Waals surface area contributed by atoms with Crippen molar-refractivity contribution in [1.29, 1.82) is 0 Å². The van der Waals surface area contributed by atoms with Gasteiger partial charge in [-0.25, -0.2) is 18.1 Å². The minimum Gasteiger partial charge on any atom is -0.467 e. The summed E-state index contributed by atoms with van der Waals surface area (Å²) in [6.07, 6.45) is -0.391. The van der Waals surface area contributed by atoms with Crippen molar-refractivity contribution in [3.8, 4) is 17.1 Å². The lowest BCUT2D eigenvalue weighted by molar-refractivity contribution is 0.210. The van der Waals surface area contributed by atoms with Gasteiger partial charge in [0.2, 0.25) is 11.8 Å². The van der Waals surface area contributed by atoms with Gasteiger partial charge in [-0.05, 0) is 59.7 Å². The molecule has 0 spiro atoms. The van der Waals surface area contributed by atoms with E-state index >= 15 is 0 Å². The molecule has 196 valence electrons. The molecule has 0 radical (unpaired) electrons. The molecule has 1 aromatic heterocycles. The first-order chi connectivity index (χ1) is 18.0. The van der Waals surface area contributed by atoms with Crippen LogP contribution in [-0.4, -0.2) is 24.9 Å². The second-order valence-electron chi connectivity index (χ2n) is 10.7. The Bertz CT molecular complexity index is 1570. The van der Waals surface area contributed by atoms with E-state index in [0.29, 0.717) is 17.9 Å². The lowest BCUT2D eigenvalue weighted by Crippen LogP contribution is -2.22. The maximum Gasteiger partial charge on any atom is 0.264 e. The topological polar surface area (TPSA) is 93.2 Å². The lowest BCUT2D eigenvalue weighted by Gasteiger charge is -2.24. The first kappa shape index (κ1) is 25.7. The number of aryl methyl sites for hydroxylation is 2. The highest BCUT2D eigenvalue weighted by atomic mass is 32.2. The quantitative estimate of drug-likeness (QED) is 0.313. The minimum absolute atomic E-state index is 0.0313. The van der Waals surface area contributed by atoms with Gasteiger partial charge >= 0.3 is 0 Å². The summed E-state index contributed by atoms with van der Waals surface area (Å²) in [7, 11) is -3.92. The van der Waals surface area contributed by atoms with E-state index in [2.05, 4.69) is 65.0 Å². The number of nitrogens with zero attached hydrogens (tertiary/aromatic N) is 2. The van der Waals surface area contributed by atoms with Crippen molar-refractivity contribution in [2.45, 2.75) is 51.0 Å². The van der Waals surface area contributed by atoms with Crippen molar-refractivity contribution in [3.63, 3.8) is 0 Å². The molecule has 5 rings (SSSR count). The number of nitrogens with one attached hydrogen (secondary N) is 2. The van der Waals surface area contributed by atoms with Crippen LogP contribution in [0.25, 0.3) is 11.3 Å². The Balaban J connectivity index is 1.65. The molecule has 8 heteroatoms. The molecule has 0 saturated carbocycles. The molecule has 1 aliphatic heterocycles. The molecule has 4 bridgehead atoms. The summed E-state index contributed by atoms with van der Waals surface area (Å²) in [6, 6.07) is 22.8. The Kier molecular flexibility index (Phi) is 6.61. The van der Waals surface area contributed by atoms with Crippen molar-refractivity contribution in [2.75, 3.05) is 16.6 Å². The van der Waals surface area contributed by atoms with E-state index in [9.17, 15) is 8.42 Å². The predicted molar refractivity (Wildman–Crippen MR) is 151 cm³/mol. The Labute approximate surface area is 224 Å². The molecule has 1 atom stereocenters. The number of sulfonamides is 1. The molecular weight excluding hydrogens is 496 g/mol. The van der Waals surface area contributed by atoms with Gasteiger partial charge in [-0.3, -0.25) is 0 Å². The summed E-state index contributed by atoms with van der Waals surface area (Å²) in [5, 5.41) is 3.35. The largest absolute Gasteiger partial charge is 0.467 e. The average molecular weight is 529 g/mol. The highest BCUT2D eigenvalue weighted by Crippen LogP contribution is 2.32. The van der Waals surface area contributed by atoms with Crippen molar-refractivity contribution in [2.24, 2.45) is 0 Å². The van der Waals surface area contributed by atoms with Crippen molar-refractivity contribution in [3.05, 3.63) is 95.1 Å². The maximum atomic E-state index is 13.2. The number of fused-ring (bicyclic) bond motifs is 4. The number of hydrogen-bond acceptors (Lipinski definition) is 6. The second-order valence-corrected chi connectivity index (χ2v) is 12.4. The molecule has 2 heterocycles. The average Bonchev–Trinajstić information content (AvgIpc) is 2.85. The van der Waals surface area contributed by atoms with Crippen LogP contribution >= 0.6 is 0 Å². The second kappa shape index (κ2) is 9.76. The number of aromatic nitrogens is 2. The zero-order valence-electron chi connectivity index (χ0n) is 22.2. The van der Waals surface area contributed by atoms with Crippen LogP contribution in [0.4, 0.5) is 11.6 Å². The van der Waals surface area contributed by atoms with E-state index in [4.69, 9.17) is 4.74 Å². The maximum absolute atomic E-state index is 13.2. The summed E-state index contributed by atoms with van der Waals surface area (Å²) >= 11 is 0. The number of hydrogen-bond donors (Lipinski definition) is 2. The molecule has 4 aromatic rings. The molecular formula is C30H32N4O3S. The van der Waals surface area contributed by atoms with Crippen LogP contribution in [0.2, 0.25) is 0 Å². The Hall–Kier alpha value is -3.91. The molecule has 38 heavy (non-hydrogen) atoms. The monoisotopic (exact) mass is 528 g/mol. The zero-order chi connectivity index (χ0) is 27.1. The van der Waals surface area contributed by atoms with Crippen LogP contribution < -0.4 is 14.8 Å². The predicted octanol–water partition coefficient (Wildman–Crippen LogP) is 6.40. The van der Waals surface area contributed by atoms with E-state index < -0.39 is 16.1 Å². The van der Waals surface area contributed by atoms with Crippen LogP contribution in [0.1, 0.15) is 49.1 Å². The van der Waals surface area contributed by atoms with Crippen LogP contribution in [0.5, 0.6) is 5.88 Å². The van der Waals surface area contributed by atoms with Gasteiger partial charge in [0.05, 0.1) is 17.1 Å². The van der Waals surface area contributed by atoms with E-state index in [0.717, 1.165) is 22.3 Å². The van der Waals surface area contributed by atoms with Crippen molar-refractivity contribution >= 4 is 21.7 Å². The smallest absolute Gasteiger partial charge is 0.264 e. The SMILES string of the molecule is Cc1cccc(C)c1-c1cc2nc(n1)NS(=O)(=O)c1cccc(c1)NCC(c1ccc(C(C)(C)C)cc1)O2. The number of ether oxygens (including phenoxy) is 1. The molecule has 2 N–H and O–H groups in total. The third kappa shape index (κ3) is 5.36. The fourth-order valence-corrected chi connectivity index (χ4v) is 5.60. The van der Waals surface area contributed by atoms with Gasteiger partial charge in [0.15, 0.2) is 0 Å². The molecule has 0 amide bonds. The first-order valence-electron chi connectivity index (χ1n) is 12.6. The normalized spacial score (nSPS) is 16.7. The Morgan fingerprint density at radius 2 is 1.58 bits per heavy atom. The third-order valence-corrected chi connectivity index (χ3v) is 8.04. The van der Waals surface area contributed by atoms with Crippen LogP contribution in [0.15, 0.2) is 77.7 Å². The van der Waals surface area contributed by atoms with Gasteiger partial charge in [0.25, 0.3) is 10.0 Å². The summed E-state index contributed by atoms with van der Waals surface area (Å²) in [5.41, 5.74) is 6.46. The fraction of sp³-hybridized carbons (Fsp3) is 0.267.